The topological polar surface area (TPSA) is 146 Å². The number of anilines is 2. The highest BCUT2D eigenvalue weighted by atomic mass is 19.1. The van der Waals surface area contributed by atoms with Gasteiger partial charge in [0, 0.05) is 37.9 Å². The number of benzene rings is 1. The number of carbonyl (C=O) groups excluding carboxylic acids is 1. The minimum absolute atomic E-state index is 0.179. The van der Waals surface area contributed by atoms with Crippen molar-refractivity contribution in [1.29, 1.82) is 5.26 Å². The van der Waals surface area contributed by atoms with E-state index in [-0.39, 0.29) is 30.8 Å². The molecule has 12 heteroatoms. The molecule has 1 aliphatic rings. The maximum atomic E-state index is 14.8. The van der Waals surface area contributed by atoms with Crippen LogP contribution in [-0.2, 0) is 16.0 Å². The average Bonchev–Trinajstić information content (AvgIpc) is 2.95. The van der Waals surface area contributed by atoms with Gasteiger partial charge in [-0.2, -0.15) is 10.2 Å². The number of aliphatic hydroxyl groups is 1. The van der Waals surface area contributed by atoms with E-state index in [0.717, 1.165) is 18.5 Å². The van der Waals surface area contributed by atoms with Crippen molar-refractivity contribution in [2.45, 2.75) is 44.6 Å². The van der Waals surface area contributed by atoms with Crippen molar-refractivity contribution in [2.75, 3.05) is 32.1 Å². The fourth-order valence-electron chi connectivity index (χ4n) is 4.17. The van der Waals surface area contributed by atoms with Gasteiger partial charge < -0.3 is 24.8 Å². The molecule has 0 saturated carbocycles. The minimum Gasteiger partial charge on any atom is -0.486 e. The Morgan fingerprint density at radius 3 is 2.85 bits per heavy atom. The number of likely N-dealkylation sites (tertiary alicyclic amines) is 1. The molecule has 0 unspecified atom stereocenters. The lowest BCUT2D eigenvalue weighted by Crippen LogP contribution is -2.51. The van der Waals surface area contributed by atoms with Gasteiger partial charge in [-0.25, -0.2) is 14.4 Å². The average molecular weight is 536 g/mol. The predicted molar refractivity (Wildman–Crippen MR) is 140 cm³/mol. The number of nitriles is 1. The molecule has 39 heavy (non-hydrogen) atoms. The highest BCUT2D eigenvalue weighted by molar-refractivity contribution is 5.80. The van der Waals surface area contributed by atoms with Gasteiger partial charge in [-0.1, -0.05) is 0 Å². The molecule has 1 aliphatic heterocycles. The minimum atomic E-state index is -1.46. The van der Waals surface area contributed by atoms with Crippen molar-refractivity contribution < 1.29 is 23.8 Å². The van der Waals surface area contributed by atoms with E-state index in [4.69, 9.17) is 9.47 Å². The summed E-state index contributed by atoms with van der Waals surface area (Å²) in [5.41, 5.74) is 2.43. The van der Waals surface area contributed by atoms with Crippen LogP contribution in [0.5, 0.6) is 5.75 Å². The van der Waals surface area contributed by atoms with Gasteiger partial charge in [0.25, 0.3) is 5.91 Å². The Morgan fingerprint density at radius 1 is 1.31 bits per heavy atom. The molecule has 3 atom stereocenters. The molecule has 204 valence electrons. The predicted octanol–water partition coefficient (Wildman–Crippen LogP) is 2.83. The molecule has 0 radical (unpaired) electrons. The molecule has 11 nitrogen and oxygen atoms in total. The number of carbonyl (C=O) groups is 1. The summed E-state index contributed by atoms with van der Waals surface area (Å²) < 4.78 is 25.7. The van der Waals surface area contributed by atoms with E-state index in [1.807, 2.05) is 12.1 Å². The molecule has 0 bridgehead atoms. The molecule has 1 aromatic carbocycles. The first-order chi connectivity index (χ1) is 18.9. The van der Waals surface area contributed by atoms with Crippen LogP contribution in [-0.4, -0.2) is 81.0 Å². The van der Waals surface area contributed by atoms with E-state index in [9.17, 15) is 19.6 Å². The first-order valence-corrected chi connectivity index (χ1v) is 12.6. The number of rotatable bonds is 10. The zero-order valence-corrected chi connectivity index (χ0v) is 21.7. The molecular weight excluding hydrogens is 505 g/mol. The summed E-state index contributed by atoms with van der Waals surface area (Å²) in [6.07, 6.45) is 1.54. The summed E-state index contributed by atoms with van der Waals surface area (Å²) >= 11 is 0. The molecule has 0 spiro atoms. The van der Waals surface area contributed by atoms with E-state index < -0.39 is 24.3 Å². The summed E-state index contributed by atoms with van der Waals surface area (Å²) in [7, 11) is 1.67. The van der Waals surface area contributed by atoms with Crippen molar-refractivity contribution in [3.8, 4) is 23.2 Å². The Bertz CT molecular complexity index is 1320. The number of aromatic nitrogens is 4. The van der Waals surface area contributed by atoms with Gasteiger partial charge in [0.2, 0.25) is 5.95 Å². The zero-order valence-electron chi connectivity index (χ0n) is 21.7. The highest BCUT2D eigenvalue weighted by Gasteiger charge is 2.34. The highest BCUT2D eigenvalue weighted by Crippen LogP contribution is 2.28. The van der Waals surface area contributed by atoms with Crippen molar-refractivity contribution in [1.82, 2.24) is 24.8 Å². The van der Waals surface area contributed by atoms with E-state index in [1.54, 1.807) is 31.5 Å². The van der Waals surface area contributed by atoms with Crippen molar-refractivity contribution in [3.05, 3.63) is 54.1 Å². The fourth-order valence-corrected chi connectivity index (χ4v) is 4.17. The van der Waals surface area contributed by atoms with Crippen LogP contribution in [0, 0.1) is 11.3 Å². The largest absolute Gasteiger partial charge is 0.486 e. The number of pyridine rings is 1. The number of nitrogens with one attached hydrogen (secondary N) is 1. The SMILES string of the molecule is COCCCc1ccc(Nc2ncnc(-c3ccc(O[C@H]4CCN(C(=O)[C@H](C)O)C[C@H]4F)c(C#N)c3)n2)cn1. The van der Waals surface area contributed by atoms with E-state index >= 15 is 0 Å². The van der Waals surface area contributed by atoms with Crippen LogP contribution in [0.25, 0.3) is 11.4 Å². The van der Waals surface area contributed by atoms with Crippen LogP contribution in [0.1, 0.15) is 31.0 Å². The second-order valence-corrected chi connectivity index (χ2v) is 9.14. The first kappa shape index (κ1) is 27.8. The van der Waals surface area contributed by atoms with Crippen molar-refractivity contribution in [2.24, 2.45) is 0 Å². The van der Waals surface area contributed by atoms with Gasteiger partial charge in [0.05, 0.1) is 24.0 Å². The van der Waals surface area contributed by atoms with Crippen molar-refractivity contribution in [3.63, 3.8) is 0 Å². The van der Waals surface area contributed by atoms with Gasteiger partial charge in [0.1, 0.15) is 30.4 Å². The molecule has 1 amide bonds. The fraction of sp³-hybridized carbons (Fsp3) is 0.407. The lowest BCUT2D eigenvalue weighted by Gasteiger charge is -2.35. The molecule has 2 N–H and O–H groups in total. The van der Waals surface area contributed by atoms with E-state index in [1.165, 1.54) is 18.2 Å². The maximum absolute atomic E-state index is 14.8. The Hall–Kier alpha value is -4.21. The molecule has 1 saturated heterocycles. The Kier molecular flexibility index (Phi) is 9.30. The number of aliphatic hydroxyl groups excluding tert-OH is 1. The zero-order chi connectivity index (χ0) is 27.8. The number of hydrogen-bond acceptors (Lipinski definition) is 10. The summed E-state index contributed by atoms with van der Waals surface area (Å²) in [6.45, 7) is 2.10. The number of hydrogen-bond donors (Lipinski definition) is 2. The number of halogens is 1. The van der Waals surface area contributed by atoms with Crippen LogP contribution in [0.4, 0.5) is 16.0 Å². The third-order valence-corrected chi connectivity index (χ3v) is 6.22. The van der Waals surface area contributed by atoms with Gasteiger partial charge >= 0.3 is 0 Å². The maximum Gasteiger partial charge on any atom is 0.251 e. The number of methoxy groups -OCH3 is 1. The lowest BCUT2D eigenvalue weighted by molar-refractivity contribution is -0.143. The number of piperidine rings is 1. The summed E-state index contributed by atoms with van der Waals surface area (Å²) in [5.74, 6) is 0.364. The first-order valence-electron chi connectivity index (χ1n) is 12.6. The molecule has 3 heterocycles. The van der Waals surface area contributed by atoms with Crippen LogP contribution < -0.4 is 10.1 Å². The summed E-state index contributed by atoms with van der Waals surface area (Å²) in [5, 5.41) is 22.3. The molecule has 3 aromatic rings. The van der Waals surface area contributed by atoms with Crippen LogP contribution >= 0.6 is 0 Å². The van der Waals surface area contributed by atoms with Gasteiger partial charge in [-0.3, -0.25) is 9.78 Å². The molecule has 4 rings (SSSR count). The second kappa shape index (κ2) is 13.0. The Balaban J connectivity index is 1.42. The normalized spacial score (nSPS) is 17.8. The molecule has 2 aromatic heterocycles. The Labute approximate surface area is 225 Å². The van der Waals surface area contributed by atoms with Crippen molar-refractivity contribution >= 4 is 17.5 Å². The third kappa shape index (κ3) is 7.22. The monoisotopic (exact) mass is 535 g/mol. The van der Waals surface area contributed by atoms with Crippen LogP contribution in [0.3, 0.4) is 0 Å². The van der Waals surface area contributed by atoms with Gasteiger partial charge in [-0.15, -0.1) is 0 Å². The smallest absolute Gasteiger partial charge is 0.251 e. The van der Waals surface area contributed by atoms with E-state index in [0.29, 0.717) is 29.6 Å². The number of alkyl halides is 1. The van der Waals surface area contributed by atoms with Crippen LogP contribution in [0.15, 0.2) is 42.9 Å². The molecular formula is C27H30FN7O4. The Morgan fingerprint density at radius 2 is 2.15 bits per heavy atom. The standard InChI is InChI=1S/C27H30FN7O4/c1-17(36)26(37)35-10-9-24(22(28)15-35)39-23-8-5-18(12-19(23)13-29)25-31-16-32-27(34-25)33-21-7-6-20(30-14-21)4-3-11-38-2/h5-8,12,14,16-17,22,24,36H,3-4,9-11,15H2,1-2H3,(H,31,32,33,34)/t17-,22+,24-/m0/s1. The second-order valence-electron chi connectivity index (χ2n) is 9.14. The molecule has 1 fully saturated rings. The number of aryl methyl sites for hydroxylation is 1. The number of nitrogens with zero attached hydrogens (tertiary/aromatic N) is 6. The number of ether oxygens (including phenoxy) is 2. The quantitative estimate of drug-likeness (QED) is 0.372. The number of amides is 1. The van der Waals surface area contributed by atoms with Crippen LogP contribution in [0.2, 0.25) is 0 Å². The summed E-state index contributed by atoms with van der Waals surface area (Å²) in [6, 6.07) is 10.7. The summed E-state index contributed by atoms with van der Waals surface area (Å²) in [4.78, 5) is 30.5. The van der Waals surface area contributed by atoms with E-state index in [2.05, 4.69) is 31.3 Å². The van der Waals surface area contributed by atoms with Gasteiger partial charge in [0.15, 0.2) is 12.0 Å². The van der Waals surface area contributed by atoms with Gasteiger partial charge in [-0.05, 0) is 50.1 Å². The third-order valence-electron chi connectivity index (χ3n) is 6.22. The molecule has 0 aliphatic carbocycles. The lowest BCUT2D eigenvalue weighted by atomic mass is 10.0.